The van der Waals surface area contributed by atoms with Crippen LogP contribution in [0.1, 0.15) is 11.3 Å². The highest BCUT2D eigenvalue weighted by atomic mass is 35.5. The predicted octanol–water partition coefficient (Wildman–Crippen LogP) is 1.63. The highest BCUT2D eigenvalue weighted by Crippen LogP contribution is 2.23. The van der Waals surface area contributed by atoms with Gasteiger partial charge in [-0.25, -0.2) is 13.5 Å². The Labute approximate surface area is 225 Å². The van der Waals surface area contributed by atoms with Gasteiger partial charge in [0.05, 0.1) is 24.1 Å². The van der Waals surface area contributed by atoms with Crippen LogP contribution in [-0.2, 0) is 0 Å². The van der Waals surface area contributed by atoms with Crippen LogP contribution in [-0.4, -0.2) is 92.9 Å². The first kappa shape index (κ1) is 27.7. The molecule has 2 aliphatic heterocycles. The van der Waals surface area contributed by atoms with Gasteiger partial charge in [0, 0.05) is 69.2 Å². The molecular weight excluding hydrogens is 518 g/mol. The van der Waals surface area contributed by atoms with Gasteiger partial charge in [-0.2, -0.15) is 15.1 Å². The number of aliphatic hydroxyl groups excluding tert-OH is 2. The molecule has 0 spiro atoms. The zero-order valence-corrected chi connectivity index (χ0v) is 21.7. The number of aliphatic hydroxyl groups is 2. The van der Waals surface area contributed by atoms with Gasteiger partial charge in [0.25, 0.3) is 0 Å². The van der Waals surface area contributed by atoms with E-state index in [0.717, 1.165) is 37.0 Å². The Morgan fingerprint density at radius 2 is 1.58 bits per heavy atom. The summed E-state index contributed by atoms with van der Waals surface area (Å²) in [4.78, 5) is 14.6. The van der Waals surface area contributed by atoms with E-state index in [1.54, 1.807) is 21.8 Å². The Kier molecular flexibility index (Phi) is 8.46. The van der Waals surface area contributed by atoms with E-state index in [2.05, 4.69) is 26.0 Å². The standard InChI is InChI=1S/C25H30F2N8O2.ClH/c1-16-17(3-2-4-32-5-7-33(8-6-32)20-10-18(26)9-19(27)11-20)13-29-35(16)24-12-23(30-25(28)31-24)34-14-21(36)22(37)15-34;/h2-3,9-13,21-22,36-37H,4-8,14-15H2,1H3,(H2,28,30,31);1H/b3-2+;/t21-,22-;/m0./s1. The van der Waals surface area contributed by atoms with Crippen molar-refractivity contribution in [2.45, 2.75) is 19.1 Å². The van der Waals surface area contributed by atoms with Crippen molar-refractivity contribution in [3.05, 3.63) is 59.4 Å². The summed E-state index contributed by atoms with van der Waals surface area (Å²) in [5.41, 5.74) is 8.32. The molecule has 0 radical (unpaired) electrons. The Morgan fingerprint density at radius 1 is 0.947 bits per heavy atom. The number of halogens is 3. The molecule has 0 amide bonds. The quantitative estimate of drug-likeness (QED) is 0.422. The Balaban J connectivity index is 0.00000336. The number of hydrogen-bond donors (Lipinski definition) is 3. The second-order valence-corrected chi connectivity index (χ2v) is 9.40. The van der Waals surface area contributed by atoms with Crippen LogP contribution in [0.4, 0.5) is 26.2 Å². The van der Waals surface area contributed by atoms with Gasteiger partial charge in [-0.1, -0.05) is 12.2 Å². The average molecular weight is 549 g/mol. The fourth-order valence-electron chi connectivity index (χ4n) is 4.72. The molecule has 2 aromatic heterocycles. The van der Waals surface area contributed by atoms with Crippen LogP contribution in [0.25, 0.3) is 11.9 Å². The number of nitrogens with two attached hydrogens (primary N) is 1. The molecule has 204 valence electrons. The fraction of sp³-hybridized carbons (Fsp3) is 0.400. The molecule has 4 heterocycles. The molecule has 2 aliphatic rings. The van der Waals surface area contributed by atoms with Crippen molar-refractivity contribution in [2.75, 3.05) is 61.3 Å². The summed E-state index contributed by atoms with van der Waals surface area (Å²) in [5, 5.41) is 24.2. The first-order chi connectivity index (χ1) is 17.8. The van der Waals surface area contributed by atoms with Gasteiger partial charge in [0.2, 0.25) is 5.95 Å². The maximum absolute atomic E-state index is 13.5. The van der Waals surface area contributed by atoms with E-state index in [4.69, 9.17) is 5.73 Å². The molecule has 5 rings (SSSR count). The number of rotatable bonds is 6. The minimum absolute atomic E-state index is 0. The van der Waals surface area contributed by atoms with Crippen LogP contribution in [0, 0.1) is 18.6 Å². The molecule has 0 unspecified atom stereocenters. The second-order valence-electron chi connectivity index (χ2n) is 9.40. The Morgan fingerprint density at radius 3 is 2.24 bits per heavy atom. The van der Waals surface area contributed by atoms with Crippen LogP contribution < -0.4 is 15.5 Å². The first-order valence-corrected chi connectivity index (χ1v) is 12.2. The molecule has 2 fully saturated rings. The van der Waals surface area contributed by atoms with Crippen molar-refractivity contribution < 1.29 is 19.0 Å². The van der Waals surface area contributed by atoms with Gasteiger partial charge in [0.15, 0.2) is 5.82 Å². The molecule has 3 aromatic rings. The summed E-state index contributed by atoms with van der Waals surface area (Å²) in [6, 6.07) is 5.35. The molecule has 2 saturated heterocycles. The molecule has 1 aromatic carbocycles. The molecule has 0 aliphatic carbocycles. The van der Waals surface area contributed by atoms with E-state index in [-0.39, 0.29) is 31.4 Å². The Bertz CT molecular complexity index is 1270. The van der Waals surface area contributed by atoms with E-state index in [0.29, 0.717) is 30.4 Å². The number of nitrogens with zero attached hydrogens (tertiary/aromatic N) is 7. The van der Waals surface area contributed by atoms with Crippen LogP contribution in [0.15, 0.2) is 36.5 Å². The Hall–Kier alpha value is -3.32. The third-order valence-electron chi connectivity index (χ3n) is 6.81. The number of benzene rings is 1. The normalized spacial score (nSPS) is 20.3. The van der Waals surface area contributed by atoms with Gasteiger partial charge in [-0.05, 0) is 19.1 Å². The number of β-amino-alcohol motifs (C(OH)–C–C–N with tert-alkyl or cyclic N) is 2. The molecule has 0 saturated carbocycles. The molecule has 13 heteroatoms. The fourth-order valence-corrected chi connectivity index (χ4v) is 4.72. The third-order valence-corrected chi connectivity index (χ3v) is 6.81. The SMILES string of the molecule is Cc1c(/C=C/CN2CCN(c3cc(F)cc(F)c3)CC2)cnn1-c1cc(N2C[C@H](O)[C@@H](O)C2)nc(N)n1.Cl. The van der Waals surface area contributed by atoms with E-state index in [1.165, 1.54) is 12.1 Å². The lowest BCUT2D eigenvalue weighted by Gasteiger charge is -2.35. The smallest absolute Gasteiger partial charge is 0.224 e. The van der Waals surface area contributed by atoms with E-state index < -0.39 is 23.8 Å². The highest BCUT2D eigenvalue weighted by molar-refractivity contribution is 5.85. The number of anilines is 3. The van der Waals surface area contributed by atoms with E-state index in [1.807, 2.05) is 17.9 Å². The predicted molar refractivity (Wildman–Crippen MR) is 144 cm³/mol. The van der Waals surface area contributed by atoms with Crippen LogP contribution >= 0.6 is 12.4 Å². The lowest BCUT2D eigenvalue weighted by molar-refractivity contribution is 0.0572. The average Bonchev–Trinajstić information content (AvgIpc) is 3.40. The minimum atomic E-state index is -0.838. The molecule has 10 nitrogen and oxygen atoms in total. The largest absolute Gasteiger partial charge is 0.389 e. The maximum atomic E-state index is 13.5. The number of aromatic nitrogens is 4. The van der Waals surface area contributed by atoms with E-state index in [9.17, 15) is 19.0 Å². The van der Waals surface area contributed by atoms with Crippen LogP contribution in [0.2, 0.25) is 0 Å². The summed E-state index contributed by atoms with van der Waals surface area (Å²) in [7, 11) is 0. The van der Waals surface area contributed by atoms with Gasteiger partial charge in [-0.3, -0.25) is 4.90 Å². The summed E-state index contributed by atoms with van der Waals surface area (Å²) in [6.45, 7) is 6.14. The zero-order valence-electron chi connectivity index (χ0n) is 20.9. The number of hydrogen-bond acceptors (Lipinski definition) is 9. The maximum Gasteiger partial charge on any atom is 0.224 e. The molecule has 4 N–H and O–H groups in total. The number of nitrogen functional groups attached to an aromatic ring is 1. The van der Waals surface area contributed by atoms with Crippen molar-refractivity contribution in [3.63, 3.8) is 0 Å². The summed E-state index contributed by atoms with van der Waals surface area (Å²) < 4.78 is 28.8. The lowest BCUT2D eigenvalue weighted by atomic mass is 10.2. The monoisotopic (exact) mass is 548 g/mol. The summed E-state index contributed by atoms with van der Waals surface area (Å²) >= 11 is 0. The summed E-state index contributed by atoms with van der Waals surface area (Å²) in [5.74, 6) is -0.0299. The second kappa shape index (κ2) is 11.6. The van der Waals surface area contributed by atoms with Crippen LogP contribution in [0.3, 0.4) is 0 Å². The van der Waals surface area contributed by atoms with Crippen molar-refractivity contribution in [2.24, 2.45) is 0 Å². The lowest BCUT2D eigenvalue weighted by Crippen LogP contribution is -2.46. The molecule has 0 bridgehead atoms. The van der Waals surface area contributed by atoms with Crippen molar-refractivity contribution in [1.82, 2.24) is 24.6 Å². The minimum Gasteiger partial charge on any atom is -0.389 e. The zero-order chi connectivity index (χ0) is 26.1. The first-order valence-electron chi connectivity index (χ1n) is 12.2. The topological polar surface area (TPSA) is 120 Å². The highest BCUT2D eigenvalue weighted by Gasteiger charge is 2.31. The van der Waals surface area contributed by atoms with Crippen molar-refractivity contribution >= 4 is 35.9 Å². The van der Waals surface area contributed by atoms with Gasteiger partial charge < -0.3 is 25.7 Å². The van der Waals surface area contributed by atoms with Gasteiger partial charge in [0.1, 0.15) is 17.5 Å². The van der Waals surface area contributed by atoms with Gasteiger partial charge in [-0.15, -0.1) is 12.4 Å². The van der Waals surface area contributed by atoms with Crippen LogP contribution in [0.5, 0.6) is 0 Å². The third kappa shape index (κ3) is 6.04. The molecule has 38 heavy (non-hydrogen) atoms. The van der Waals surface area contributed by atoms with Crippen molar-refractivity contribution in [3.8, 4) is 5.82 Å². The van der Waals surface area contributed by atoms with Gasteiger partial charge >= 0.3 is 0 Å². The molecular formula is C25H31ClF2N8O2. The van der Waals surface area contributed by atoms with Crippen molar-refractivity contribution in [1.29, 1.82) is 0 Å². The number of piperazine rings is 1. The van der Waals surface area contributed by atoms with E-state index >= 15 is 0 Å². The molecule has 2 atom stereocenters. The summed E-state index contributed by atoms with van der Waals surface area (Å²) in [6.07, 6.45) is 4.15.